The first-order chi connectivity index (χ1) is 15.8. The highest BCUT2D eigenvalue weighted by Crippen LogP contribution is 2.31. The van der Waals surface area contributed by atoms with Crippen LogP contribution in [0, 0.1) is 0 Å². The number of unbranched alkanes of at least 4 members (excludes halogenated alkanes) is 1. The zero-order valence-electron chi connectivity index (χ0n) is 18.7. The van der Waals surface area contributed by atoms with Crippen LogP contribution in [0.5, 0.6) is 5.75 Å². The minimum Gasteiger partial charge on any atom is -0.480 e. The van der Waals surface area contributed by atoms with Crippen molar-refractivity contribution in [2.24, 2.45) is 0 Å². The number of anilines is 2. The highest BCUT2D eigenvalue weighted by Gasteiger charge is 2.21. The highest BCUT2D eigenvalue weighted by atomic mass is 16.5. The van der Waals surface area contributed by atoms with Gasteiger partial charge in [-0.3, -0.25) is 9.69 Å². The van der Waals surface area contributed by atoms with Gasteiger partial charge in [0.25, 0.3) is 5.91 Å². The molecule has 1 aromatic heterocycles. The maximum absolute atomic E-state index is 11.4. The van der Waals surface area contributed by atoms with Gasteiger partial charge in [0.05, 0.1) is 5.69 Å². The SMILES string of the molecule is O=C1COc2ccc(/C=C/CCCN3CCN(c4cccc5c4CCCC5)CC3)nc2N1. The van der Waals surface area contributed by atoms with Crippen LogP contribution < -0.4 is 15.0 Å². The number of pyridine rings is 1. The standard InChI is InChI=1S/C26H32N4O2/c31-25-19-32-24-13-12-21(27-26(24)28-25)9-2-1-5-14-29-15-17-30(18-16-29)23-11-6-8-20-7-3-4-10-22(20)23/h2,6,8-9,11-13H,1,3-5,7,10,14-19H2,(H,27,28,31)/b9-2+. The van der Waals surface area contributed by atoms with Gasteiger partial charge < -0.3 is 15.0 Å². The lowest BCUT2D eigenvalue weighted by Gasteiger charge is -2.38. The quantitative estimate of drug-likeness (QED) is 0.702. The fraction of sp³-hybridized carbons (Fsp3) is 0.462. The van der Waals surface area contributed by atoms with Gasteiger partial charge in [-0.15, -0.1) is 0 Å². The van der Waals surface area contributed by atoms with E-state index in [1.807, 2.05) is 18.2 Å². The molecule has 6 heteroatoms. The van der Waals surface area contributed by atoms with E-state index in [1.54, 1.807) is 11.1 Å². The summed E-state index contributed by atoms with van der Waals surface area (Å²) in [5.74, 6) is 0.997. The van der Waals surface area contributed by atoms with Crippen molar-refractivity contribution in [1.29, 1.82) is 0 Å². The third-order valence-electron chi connectivity index (χ3n) is 6.71. The first kappa shape index (κ1) is 21.0. The lowest BCUT2D eigenvalue weighted by Crippen LogP contribution is -2.47. The van der Waals surface area contributed by atoms with E-state index in [-0.39, 0.29) is 12.5 Å². The van der Waals surface area contributed by atoms with E-state index in [9.17, 15) is 4.79 Å². The fourth-order valence-electron chi connectivity index (χ4n) is 4.98. The normalized spacial score (nSPS) is 18.8. The molecule has 1 fully saturated rings. The molecular formula is C26H32N4O2. The van der Waals surface area contributed by atoms with Crippen LogP contribution in [-0.4, -0.2) is 55.1 Å². The van der Waals surface area contributed by atoms with E-state index in [2.05, 4.69) is 44.4 Å². The molecule has 1 saturated heterocycles. The monoisotopic (exact) mass is 432 g/mol. The Hall–Kier alpha value is -2.86. The number of ether oxygens (including phenoxy) is 1. The minimum absolute atomic E-state index is 0.0612. The summed E-state index contributed by atoms with van der Waals surface area (Å²) < 4.78 is 5.36. The number of benzene rings is 1. The highest BCUT2D eigenvalue weighted by molar-refractivity contribution is 5.94. The van der Waals surface area contributed by atoms with Gasteiger partial charge in [0.2, 0.25) is 0 Å². The lowest BCUT2D eigenvalue weighted by atomic mass is 9.90. The number of amides is 1. The third kappa shape index (κ3) is 4.80. The van der Waals surface area contributed by atoms with Gasteiger partial charge >= 0.3 is 0 Å². The fourth-order valence-corrected chi connectivity index (χ4v) is 4.98. The number of piperazine rings is 1. The predicted octanol–water partition coefficient (Wildman–Crippen LogP) is 3.91. The summed E-state index contributed by atoms with van der Waals surface area (Å²) in [7, 11) is 0. The van der Waals surface area contributed by atoms with Crippen LogP contribution in [0.1, 0.15) is 42.5 Å². The summed E-state index contributed by atoms with van der Waals surface area (Å²) in [6, 6.07) is 10.7. The number of allylic oxidation sites excluding steroid dienone is 1. The molecule has 1 aliphatic carbocycles. The molecule has 168 valence electrons. The Morgan fingerprint density at radius 3 is 2.84 bits per heavy atom. The summed E-state index contributed by atoms with van der Waals surface area (Å²) in [5.41, 5.74) is 5.52. The molecule has 6 nitrogen and oxygen atoms in total. The second-order valence-electron chi connectivity index (χ2n) is 8.91. The van der Waals surface area contributed by atoms with E-state index in [4.69, 9.17) is 4.74 Å². The van der Waals surface area contributed by atoms with Crippen LogP contribution in [0.15, 0.2) is 36.4 Å². The van der Waals surface area contributed by atoms with Crippen molar-refractivity contribution >= 4 is 23.5 Å². The smallest absolute Gasteiger partial charge is 0.263 e. The number of aromatic nitrogens is 1. The Kier molecular flexibility index (Phi) is 6.39. The summed E-state index contributed by atoms with van der Waals surface area (Å²) >= 11 is 0. The third-order valence-corrected chi connectivity index (χ3v) is 6.71. The van der Waals surface area contributed by atoms with Crippen molar-refractivity contribution in [2.45, 2.75) is 38.5 Å². The maximum Gasteiger partial charge on any atom is 0.263 e. The number of fused-ring (bicyclic) bond motifs is 2. The average molecular weight is 433 g/mol. The van der Waals surface area contributed by atoms with Gasteiger partial charge in [0.15, 0.2) is 18.2 Å². The first-order valence-electron chi connectivity index (χ1n) is 11.9. The van der Waals surface area contributed by atoms with Crippen molar-refractivity contribution < 1.29 is 9.53 Å². The Morgan fingerprint density at radius 1 is 1.06 bits per heavy atom. The van der Waals surface area contributed by atoms with Gasteiger partial charge in [0, 0.05) is 31.9 Å². The molecule has 0 spiro atoms. The van der Waals surface area contributed by atoms with Crippen molar-refractivity contribution in [3.63, 3.8) is 0 Å². The lowest BCUT2D eigenvalue weighted by molar-refractivity contribution is -0.118. The summed E-state index contributed by atoms with van der Waals surface area (Å²) in [6.45, 7) is 5.72. The van der Waals surface area contributed by atoms with Crippen molar-refractivity contribution in [3.05, 3.63) is 53.2 Å². The van der Waals surface area contributed by atoms with E-state index in [0.717, 1.165) is 51.3 Å². The molecule has 0 atom stereocenters. The zero-order chi connectivity index (χ0) is 21.8. The van der Waals surface area contributed by atoms with E-state index in [1.165, 1.54) is 31.4 Å². The largest absolute Gasteiger partial charge is 0.480 e. The van der Waals surface area contributed by atoms with Crippen LogP contribution in [0.2, 0.25) is 0 Å². The van der Waals surface area contributed by atoms with Gasteiger partial charge in [-0.1, -0.05) is 18.2 Å². The second kappa shape index (κ2) is 9.74. The molecule has 2 aromatic rings. The van der Waals surface area contributed by atoms with Crippen LogP contribution in [0.4, 0.5) is 11.5 Å². The maximum atomic E-state index is 11.4. The van der Waals surface area contributed by atoms with Gasteiger partial charge in [0.1, 0.15) is 0 Å². The number of hydrogen-bond acceptors (Lipinski definition) is 5. The minimum atomic E-state index is -0.154. The molecule has 1 aromatic carbocycles. The van der Waals surface area contributed by atoms with E-state index >= 15 is 0 Å². The van der Waals surface area contributed by atoms with Crippen LogP contribution in [0.25, 0.3) is 6.08 Å². The van der Waals surface area contributed by atoms with Crippen molar-refractivity contribution in [3.8, 4) is 5.75 Å². The Labute approximate surface area is 190 Å². The predicted molar refractivity (Wildman–Crippen MR) is 128 cm³/mol. The Bertz CT molecular complexity index is 995. The van der Waals surface area contributed by atoms with Crippen LogP contribution in [0.3, 0.4) is 0 Å². The Balaban J connectivity index is 1.07. The topological polar surface area (TPSA) is 57.7 Å². The molecule has 1 N–H and O–H groups in total. The van der Waals surface area contributed by atoms with E-state index < -0.39 is 0 Å². The summed E-state index contributed by atoms with van der Waals surface area (Å²) in [5, 5.41) is 2.76. The number of rotatable bonds is 6. The van der Waals surface area contributed by atoms with E-state index in [0.29, 0.717) is 11.6 Å². The van der Waals surface area contributed by atoms with Crippen LogP contribution >= 0.6 is 0 Å². The molecule has 0 bridgehead atoms. The molecular weight excluding hydrogens is 400 g/mol. The molecule has 2 aliphatic heterocycles. The van der Waals surface area contributed by atoms with Crippen LogP contribution in [-0.2, 0) is 17.6 Å². The number of nitrogens with zero attached hydrogens (tertiary/aromatic N) is 3. The molecule has 0 saturated carbocycles. The van der Waals surface area contributed by atoms with Crippen molar-refractivity contribution in [1.82, 2.24) is 9.88 Å². The molecule has 5 rings (SSSR count). The van der Waals surface area contributed by atoms with Gasteiger partial charge in [-0.05, 0) is 80.5 Å². The number of nitrogens with one attached hydrogen (secondary N) is 1. The molecule has 0 radical (unpaired) electrons. The second-order valence-corrected chi connectivity index (χ2v) is 8.91. The average Bonchev–Trinajstić information content (AvgIpc) is 2.83. The van der Waals surface area contributed by atoms with Crippen molar-refractivity contribution in [2.75, 3.05) is 49.5 Å². The molecule has 1 amide bonds. The van der Waals surface area contributed by atoms with Gasteiger partial charge in [-0.2, -0.15) is 0 Å². The molecule has 3 aliphatic rings. The number of carbonyl (C=O) groups excluding carboxylic acids is 1. The molecule has 3 heterocycles. The summed E-state index contributed by atoms with van der Waals surface area (Å²) in [6.07, 6.45) is 11.5. The zero-order valence-corrected chi connectivity index (χ0v) is 18.7. The van der Waals surface area contributed by atoms with Gasteiger partial charge in [-0.25, -0.2) is 4.98 Å². The Morgan fingerprint density at radius 2 is 1.94 bits per heavy atom. The molecule has 0 unspecified atom stereocenters. The number of carbonyl (C=O) groups is 1. The molecule has 32 heavy (non-hydrogen) atoms. The number of aryl methyl sites for hydroxylation is 1. The summed E-state index contributed by atoms with van der Waals surface area (Å²) in [4.78, 5) is 21.1. The number of hydrogen-bond donors (Lipinski definition) is 1. The first-order valence-corrected chi connectivity index (χ1v) is 11.9.